The molecule has 0 atom stereocenters. The van der Waals surface area contributed by atoms with E-state index in [0.29, 0.717) is 0 Å². The zero-order valence-corrected chi connectivity index (χ0v) is 13.2. The molecule has 0 spiro atoms. The average molecular weight is 299 g/mol. The molecule has 1 amide bonds. The van der Waals surface area contributed by atoms with Crippen molar-refractivity contribution in [2.45, 2.75) is 32.7 Å². The van der Waals surface area contributed by atoms with E-state index in [1.54, 1.807) is 0 Å². The van der Waals surface area contributed by atoms with Gasteiger partial charge in [-0.1, -0.05) is 42.5 Å². The van der Waals surface area contributed by atoms with Crippen molar-refractivity contribution >= 4 is 22.6 Å². The molecular formula is C18H21NO3. The van der Waals surface area contributed by atoms with E-state index in [4.69, 9.17) is 4.74 Å². The Kier molecular flexibility index (Phi) is 4.81. The summed E-state index contributed by atoms with van der Waals surface area (Å²) in [5.74, 6) is -0.695. The van der Waals surface area contributed by atoms with E-state index in [-0.39, 0.29) is 24.5 Å². The summed E-state index contributed by atoms with van der Waals surface area (Å²) in [6.45, 7) is 5.38. The molecule has 0 radical (unpaired) electrons. The van der Waals surface area contributed by atoms with Gasteiger partial charge in [0.2, 0.25) is 0 Å². The fourth-order valence-corrected chi connectivity index (χ4v) is 2.25. The van der Waals surface area contributed by atoms with E-state index in [1.807, 2.05) is 63.2 Å². The number of nitrogens with one attached hydrogen (secondary N) is 1. The number of fused-ring (bicyclic) bond motifs is 1. The van der Waals surface area contributed by atoms with Crippen molar-refractivity contribution in [3.05, 3.63) is 48.0 Å². The van der Waals surface area contributed by atoms with Gasteiger partial charge in [0.15, 0.2) is 6.61 Å². The first-order chi connectivity index (χ1) is 10.3. The Morgan fingerprint density at radius 1 is 1.05 bits per heavy atom. The molecule has 0 aliphatic carbocycles. The van der Waals surface area contributed by atoms with Gasteiger partial charge in [0, 0.05) is 5.54 Å². The van der Waals surface area contributed by atoms with Crippen molar-refractivity contribution in [3.8, 4) is 0 Å². The number of hydrogen-bond donors (Lipinski definition) is 1. The van der Waals surface area contributed by atoms with Gasteiger partial charge in [0.1, 0.15) is 0 Å². The van der Waals surface area contributed by atoms with Gasteiger partial charge in [0.05, 0.1) is 6.42 Å². The molecule has 4 nitrogen and oxygen atoms in total. The van der Waals surface area contributed by atoms with E-state index >= 15 is 0 Å². The minimum atomic E-state index is -0.402. The Labute approximate surface area is 130 Å². The molecule has 116 valence electrons. The fraction of sp³-hybridized carbons (Fsp3) is 0.333. The molecule has 0 bridgehead atoms. The summed E-state index contributed by atoms with van der Waals surface area (Å²) in [6.07, 6.45) is 0.157. The third-order valence-electron chi connectivity index (χ3n) is 3.09. The lowest BCUT2D eigenvalue weighted by molar-refractivity contribution is -0.148. The minimum absolute atomic E-state index is 0.157. The van der Waals surface area contributed by atoms with Crippen LogP contribution in [0.1, 0.15) is 26.3 Å². The van der Waals surface area contributed by atoms with Crippen LogP contribution in [0.2, 0.25) is 0 Å². The van der Waals surface area contributed by atoms with E-state index in [1.165, 1.54) is 0 Å². The fourth-order valence-electron chi connectivity index (χ4n) is 2.25. The molecule has 0 aromatic heterocycles. The molecular weight excluding hydrogens is 278 g/mol. The predicted octanol–water partition coefficient (Wildman–Crippen LogP) is 2.84. The Hall–Kier alpha value is -2.36. The summed E-state index contributed by atoms with van der Waals surface area (Å²) >= 11 is 0. The standard InChI is InChI=1S/C18H21NO3/c1-18(2,3)19-16(20)12-22-17(21)11-14-9-6-8-13-7-4-5-10-15(13)14/h4-10H,11-12H2,1-3H3,(H,19,20). The topological polar surface area (TPSA) is 55.4 Å². The summed E-state index contributed by atoms with van der Waals surface area (Å²) in [6, 6.07) is 13.7. The second-order valence-electron chi connectivity index (χ2n) is 6.27. The van der Waals surface area contributed by atoms with Crippen molar-refractivity contribution in [3.63, 3.8) is 0 Å². The first-order valence-corrected chi connectivity index (χ1v) is 7.28. The van der Waals surface area contributed by atoms with Crippen LogP contribution >= 0.6 is 0 Å². The molecule has 2 aromatic rings. The zero-order valence-electron chi connectivity index (χ0n) is 13.2. The van der Waals surface area contributed by atoms with E-state index in [0.717, 1.165) is 16.3 Å². The molecule has 0 aliphatic heterocycles. The third-order valence-corrected chi connectivity index (χ3v) is 3.09. The minimum Gasteiger partial charge on any atom is -0.455 e. The average Bonchev–Trinajstić information content (AvgIpc) is 2.44. The molecule has 0 saturated carbocycles. The maximum Gasteiger partial charge on any atom is 0.310 e. The Bertz CT molecular complexity index is 681. The predicted molar refractivity (Wildman–Crippen MR) is 86.5 cm³/mol. The Balaban J connectivity index is 1.96. The van der Waals surface area contributed by atoms with E-state index in [9.17, 15) is 9.59 Å². The highest BCUT2D eigenvalue weighted by Gasteiger charge is 2.15. The van der Waals surface area contributed by atoms with Gasteiger partial charge in [-0.3, -0.25) is 9.59 Å². The number of carbonyl (C=O) groups is 2. The summed E-state index contributed by atoms with van der Waals surface area (Å²) in [5.41, 5.74) is 0.568. The van der Waals surface area contributed by atoms with Crippen LogP contribution in [0.3, 0.4) is 0 Å². The maximum atomic E-state index is 11.9. The molecule has 2 aromatic carbocycles. The summed E-state index contributed by atoms with van der Waals surface area (Å²) in [4.78, 5) is 23.6. The molecule has 22 heavy (non-hydrogen) atoms. The van der Waals surface area contributed by atoms with Crippen LogP contribution in [0.25, 0.3) is 10.8 Å². The van der Waals surface area contributed by atoms with Gasteiger partial charge in [-0.05, 0) is 37.1 Å². The van der Waals surface area contributed by atoms with Crippen LogP contribution in [-0.2, 0) is 20.7 Å². The molecule has 0 unspecified atom stereocenters. The van der Waals surface area contributed by atoms with E-state index < -0.39 is 5.97 Å². The second-order valence-corrected chi connectivity index (χ2v) is 6.27. The quantitative estimate of drug-likeness (QED) is 0.883. The van der Waals surface area contributed by atoms with Gasteiger partial charge in [-0.2, -0.15) is 0 Å². The second kappa shape index (κ2) is 6.60. The number of esters is 1. The smallest absolute Gasteiger partial charge is 0.310 e. The van der Waals surface area contributed by atoms with Gasteiger partial charge < -0.3 is 10.1 Å². The molecule has 0 fully saturated rings. The molecule has 1 N–H and O–H groups in total. The number of benzene rings is 2. The molecule has 2 rings (SSSR count). The van der Waals surface area contributed by atoms with Crippen LogP contribution in [0.15, 0.2) is 42.5 Å². The van der Waals surface area contributed by atoms with Crippen LogP contribution in [0, 0.1) is 0 Å². The lowest BCUT2D eigenvalue weighted by Crippen LogP contribution is -2.42. The summed E-state index contributed by atoms with van der Waals surface area (Å²) in [5, 5.41) is 4.86. The highest BCUT2D eigenvalue weighted by molar-refractivity contribution is 5.89. The highest BCUT2D eigenvalue weighted by Crippen LogP contribution is 2.19. The number of hydrogen-bond acceptors (Lipinski definition) is 3. The van der Waals surface area contributed by atoms with Crippen molar-refractivity contribution in [2.75, 3.05) is 6.61 Å². The number of ether oxygens (including phenoxy) is 1. The first kappa shape index (κ1) is 16.0. The van der Waals surface area contributed by atoms with E-state index in [2.05, 4.69) is 5.32 Å². The largest absolute Gasteiger partial charge is 0.455 e. The van der Waals surface area contributed by atoms with Crippen molar-refractivity contribution < 1.29 is 14.3 Å². The lowest BCUT2D eigenvalue weighted by atomic mass is 10.0. The number of carbonyl (C=O) groups excluding carboxylic acids is 2. The van der Waals surface area contributed by atoms with Crippen LogP contribution in [-0.4, -0.2) is 24.0 Å². The summed E-state index contributed by atoms with van der Waals surface area (Å²) < 4.78 is 5.05. The lowest BCUT2D eigenvalue weighted by Gasteiger charge is -2.20. The van der Waals surface area contributed by atoms with Crippen molar-refractivity contribution in [1.29, 1.82) is 0 Å². The van der Waals surface area contributed by atoms with Crippen molar-refractivity contribution in [2.24, 2.45) is 0 Å². The monoisotopic (exact) mass is 299 g/mol. The first-order valence-electron chi connectivity index (χ1n) is 7.28. The van der Waals surface area contributed by atoms with Gasteiger partial charge in [-0.15, -0.1) is 0 Å². The molecule has 0 aliphatic rings. The van der Waals surface area contributed by atoms with Crippen LogP contribution < -0.4 is 5.32 Å². The maximum absolute atomic E-state index is 11.9. The highest BCUT2D eigenvalue weighted by atomic mass is 16.5. The van der Waals surface area contributed by atoms with Gasteiger partial charge >= 0.3 is 5.97 Å². The van der Waals surface area contributed by atoms with Crippen molar-refractivity contribution in [1.82, 2.24) is 5.32 Å². The van der Waals surface area contributed by atoms with Gasteiger partial charge in [0.25, 0.3) is 5.91 Å². The Morgan fingerprint density at radius 2 is 1.73 bits per heavy atom. The summed E-state index contributed by atoms with van der Waals surface area (Å²) in [7, 11) is 0. The van der Waals surface area contributed by atoms with Crippen LogP contribution in [0.4, 0.5) is 0 Å². The third kappa shape index (κ3) is 4.58. The number of amides is 1. The Morgan fingerprint density at radius 3 is 2.45 bits per heavy atom. The number of rotatable bonds is 4. The normalized spacial score (nSPS) is 11.2. The molecule has 0 saturated heterocycles. The molecule has 4 heteroatoms. The van der Waals surface area contributed by atoms with Gasteiger partial charge in [-0.25, -0.2) is 0 Å². The van der Waals surface area contributed by atoms with Crippen LogP contribution in [0.5, 0.6) is 0 Å². The molecule has 0 heterocycles. The zero-order chi connectivity index (χ0) is 16.2. The SMILES string of the molecule is CC(C)(C)NC(=O)COC(=O)Cc1cccc2ccccc12.